The summed E-state index contributed by atoms with van der Waals surface area (Å²) in [6, 6.07) is 0. The van der Waals surface area contributed by atoms with Crippen molar-refractivity contribution in [2.24, 2.45) is 0 Å². The molecule has 0 saturated carbocycles. The van der Waals surface area contributed by atoms with Crippen molar-refractivity contribution in [2.45, 2.75) is 36.6 Å². The first-order valence-corrected chi connectivity index (χ1v) is 5.58. The van der Waals surface area contributed by atoms with Crippen LogP contribution in [-0.4, -0.2) is 31.5 Å². The zero-order valence-electron chi connectivity index (χ0n) is 8.43. The molecule has 84 valence electrons. The number of carboxylic acids is 1. The summed E-state index contributed by atoms with van der Waals surface area (Å²) in [5.74, 6) is -0.631. The van der Waals surface area contributed by atoms with E-state index in [0.29, 0.717) is 11.6 Å². The van der Waals surface area contributed by atoms with Gasteiger partial charge in [-0.15, -0.1) is 5.10 Å². The second-order valence-electron chi connectivity index (χ2n) is 3.09. The van der Waals surface area contributed by atoms with Gasteiger partial charge in [-0.05, 0) is 6.42 Å². The third-order valence-electron chi connectivity index (χ3n) is 1.83. The fourth-order valence-electron chi connectivity index (χ4n) is 1.06. The number of hydrogen-bond acceptors (Lipinski definition) is 5. The van der Waals surface area contributed by atoms with Crippen LogP contribution in [0, 0.1) is 0 Å². The molecule has 0 aliphatic heterocycles. The Labute approximate surface area is 91.7 Å². The number of nitrogens with two attached hydrogens (primary N) is 1. The summed E-state index contributed by atoms with van der Waals surface area (Å²) in [5.41, 5.74) is 5.34. The van der Waals surface area contributed by atoms with Crippen LogP contribution in [0.1, 0.15) is 26.2 Å². The standard InChI is InChI=1S/C8H14N4O2S/c1-2-3-4-5(6(13)14)15-8-10-7(9)11-12-8/h5H,2-4H2,1H3,(H,13,14)(H3,9,10,11,12). The molecule has 0 radical (unpaired) electrons. The van der Waals surface area contributed by atoms with Crippen LogP contribution in [0.2, 0.25) is 0 Å². The summed E-state index contributed by atoms with van der Waals surface area (Å²) in [6.07, 6.45) is 2.47. The first kappa shape index (κ1) is 11.8. The van der Waals surface area contributed by atoms with Gasteiger partial charge in [-0.25, -0.2) is 5.10 Å². The Morgan fingerprint density at radius 1 is 1.73 bits per heavy atom. The smallest absolute Gasteiger partial charge is 0.317 e. The third-order valence-corrected chi connectivity index (χ3v) is 2.94. The van der Waals surface area contributed by atoms with E-state index in [2.05, 4.69) is 15.2 Å². The summed E-state index contributed by atoms with van der Waals surface area (Å²) in [4.78, 5) is 14.8. The number of nitrogens with zero attached hydrogens (tertiary/aromatic N) is 2. The van der Waals surface area contributed by atoms with Gasteiger partial charge in [0.25, 0.3) is 0 Å². The Kier molecular flexibility index (Phi) is 4.41. The Morgan fingerprint density at radius 3 is 2.93 bits per heavy atom. The van der Waals surface area contributed by atoms with Crippen LogP contribution in [0.5, 0.6) is 0 Å². The zero-order chi connectivity index (χ0) is 11.3. The van der Waals surface area contributed by atoms with Gasteiger partial charge in [0.2, 0.25) is 11.1 Å². The molecule has 15 heavy (non-hydrogen) atoms. The summed E-state index contributed by atoms with van der Waals surface area (Å²) in [7, 11) is 0. The van der Waals surface area contributed by atoms with Crippen LogP contribution in [0.4, 0.5) is 5.95 Å². The van der Waals surface area contributed by atoms with Crippen molar-refractivity contribution in [1.82, 2.24) is 15.2 Å². The SMILES string of the molecule is CCCCC(Sc1n[nH]c(N)n1)C(=O)O. The predicted molar refractivity (Wildman–Crippen MR) is 57.6 cm³/mol. The second kappa shape index (κ2) is 5.59. The zero-order valence-corrected chi connectivity index (χ0v) is 9.25. The van der Waals surface area contributed by atoms with Gasteiger partial charge in [-0.2, -0.15) is 4.98 Å². The number of unbranched alkanes of at least 4 members (excludes halogenated alkanes) is 1. The van der Waals surface area contributed by atoms with Crippen LogP contribution in [0.3, 0.4) is 0 Å². The lowest BCUT2D eigenvalue weighted by atomic mass is 10.2. The van der Waals surface area contributed by atoms with Gasteiger partial charge in [-0.3, -0.25) is 4.79 Å². The molecule has 0 aliphatic carbocycles. The van der Waals surface area contributed by atoms with Crippen molar-refractivity contribution in [3.8, 4) is 0 Å². The van der Waals surface area contributed by atoms with Gasteiger partial charge in [0.05, 0.1) is 0 Å². The van der Waals surface area contributed by atoms with Crippen LogP contribution >= 0.6 is 11.8 Å². The van der Waals surface area contributed by atoms with Gasteiger partial charge < -0.3 is 10.8 Å². The van der Waals surface area contributed by atoms with E-state index in [1.807, 2.05) is 6.92 Å². The Morgan fingerprint density at radius 2 is 2.47 bits per heavy atom. The third kappa shape index (κ3) is 3.78. The maximum absolute atomic E-state index is 10.9. The van der Waals surface area contributed by atoms with Gasteiger partial charge >= 0.3 is 5.97 Å². The van der Waals surface area contributed by atoms with Crippen LogP contribution < -0.4 is 5.73 Å². The van der Waals surface area contributed by atoms with Crippen molar-refractivity contribution in [3.05, 3.63) is 0 Å². The lowest BCUT2D eigenvalue weighted by Crippen LogP contribution is -2.16. The van der Waals surface area contributed by atoms with E-state index in [4.69, 9.17) is 10.8 Å². The molecule has 1 atom stereocenters. The Bertz CT molecular complexity index is 328. The molecule has 1 unspecified atom stereocenters. The highest BCUT2D eigenvalue weighted by atomic mass is 32.2. The molecule has 0 spiro atoms. The quantitative estimate of drug-likeness (QED) is 0.632. The predicted octanol–water partition coefficient (Wildman–Crippen LogP) is 1.12. The average molecular weight is 230 g/mol. The number of carboxylic acid groups (broad SMARTS) is 1. The lowest BCUT2D eigenvalue weighted by Gasteiger charge is -2.07. The minimum absolute atomic E-state index is 0.206. The second-order valence-corrected chi connectivity index (χ2v) is 4.26. The Hall–Kier alpha value is -1.24. The molecule has 0 bridgehead atoms. The fourth-order valence-corrected chi connectivity index (χ4v) is 1.95. The minimum atomic E-state index is -0.836. The molecule has 7 heteroatoms. The van der Waals surface area contributed by atoms with Crippen LogP contribution in [0.15, 0.2) is 5.16 Å². The number of aromatic amines is 1. The number of aliphatic carboxylic acids is 1. The topological polar surface area (TPSA) is 105 Å². The molecule has 0 fully saturated rings. The molecule has 0 amide bonds. The Balaban J connectivity index is 2.54. The van der Waals surface area contributed by atoms with E-state index in [-0.39, 0.29) is 5.95 Å². The highest BCUT2D eigenvalue weighted by molar-refractivity contribution is 8.00. The number of rotatable bonds is 6. The highest BCUT2D eigenvalue weighted by Gasteiger charge is 2.20. The summed E-state index contributed by atoms with van der Waals surface area (Å²) in [6.45, 7) is 2.02. The molecule has 0 saturated heterocycles. The normalized spacial score (nSPS) is 12.6. The highest BCUT2D eigenvalue weighted by Crippen LogP contribution is 2.24. The largest absolute Gasteiger partial charge is 0.480 e. The lowest BCUT2D eigenvalue weighted by molar-refractivity contribution is -0.136. The monoisotopic (exact) mass is 230 g/mol. The molecule has 1 heterocycles. The molecule has 1 aromatic rings. The van der Waals surface area contributed by atoms with Crippen molar-refractivity contribution < 1.29 is 9.90 Å². The number of thioether (sulfide) groups is 1. The summed E-state index contributed by atoms with van der Waals surface area (Å²) < 4.78 is 0. The number of anilines is 1. The van der Waals surface area contributed by atoms with E-state index >= 15 is 0 Å². The van der Waals surface area contributed by atoms with Crippen molar-refractivity contribution in [2.75, 3.05) is 5.73 Å². The van der Waals surface area contributed by atoms with E-state index in [0.717, 1.165) is 24.6 Å². The van der Waals surface area contributed by atoms with Crippen LogP contribution in [0.25, 0.3) is 0 Å². The molecule has 0 aliphatic rings. The number of carbonyl (C=O) groups is 1. The first-order chi connectivity index (χ1) is 7.13. The number of nitrogen functional groups attached to an aromatic ring is 1. The molecule has 6 nitrogen and oxygen atoms in total. The number of H-pyrrole nitrogens is 1. The molecular weight excluding hydrogens is 216 g/mol. The molecule has 4 N–H and O–H groups in total. The number of hydrogen-bond donors (Lipinski definition) is 3. The van der Waals surface area contributed by atoms with E-state index in [9.17, 15) is 4.79 Å². The van der Waals surface area contributed by atoms with E-state index < -0.39 is 11.2 Å². The molecule has 0 aromatic carbocycles. The van der Waals surface area contributed by atoms with Gasteiger partial charge in [-0.1, -0.05) is 31.5 Å². The van der Waals surface area contributed by atoms with Crippen molar-refractivity contribution in [3.63, 3.8) is 0 Å². The fraction of sp³-hybridized carbons (Fsp3) is 0.625. The molecular formula is C8H14N4O2S. The summed E-state index contributed by atoms with van der Waals surface area (Å²) in [5, 5.41) is 15.1. The van der Waals surface area contributed by atoms with Gasteiger partial charge in [0, 0.05) is 0 Å². The first-order valence-electron chi connectivity index (χ1n) is 4.70. The van der Waals surface area contributed by atoms with Crippen molar-refractivity contribution in [1.29, 1.82) is 0 Å². The number of aromatic nitrogens is 3. The van der Waals surface area contributed by atoms with E-state index in [1.165, 1.54) is 0 Å². The molecule has 1 aromatic heterocycles. The van der Waals surface area contributed by atoms with Gasteiger partial charge in [0.1, 0.15) is 5.25 Å². The minimum Gasteiger partial charge on any atom is -0.480 e. The maximum atomic E-state index is 10.9. The molecule has 1 rings (SSSR count). The summed E-state index contributed by atoms with van der Waals surface area (Å²) >= 11 is 1.12. The van der Waals surface area contributed by atoms with Crippen molar-refractivity contribution >= 4 is 23.7 Å². The maximum Gasteiger partial charge on any atom is 0.317 e. The number of nitrogens with one attached hydrogen (secondary N) is 1. The van der Waals surface area contributed by atoms with Gasteiger partial charge in [0.15, 0.2) is 0 Å². The average Bonchev–Trinajstić information content (AvgIpc) is 2.58. The van der Waals surface area contributed by atoms with Crippen LogP contribution in [-0.2, 0) is 4.79 Å². The van der Waals surface area contributed by atoms with E-state index in [1.54, 1.807) is 0 Å².